The summed E-state index contributed by atoms with van der Waals surface area (Å²) in [6.45, 7) is 0.723. The van der Waals surface area contributed by atoms with Crippen LogP contribution in [0, 0.1) is 0 Å². The molecule has 1 N–H and O–H groups in total. The van der Waals surface area contributed by atoms with E-state index < -0.39 is 0 Å². The Morgan fingerprint density at radius 1 is 1.06 bits per heavy atom. The number of carbonyl (C=O) groups excluding carboxylic acids is 2. The number of pyridine rings is 1. The van der Waals surface area contributed by atoms with Crippen molar-refractivity contribution in [2.45, 2.75) is 6.42 Å². The Morgan fingerprint density at radius 3 is 2.76 bits per heavy atom. The predicted molar refractivity (Wildman–Crippen MR) is 125 cm³/mol. The smallest absolute Gasteiger partial charge is 0.244 e. The summed E-state index contributed by atoms with van der Waals surface area (Å²) >= 11 is 6.13. The highest BCUT2D eigenvalue weighted by Crippen LogP contribution is 2.33. The summed E-state index contributed by atoms with van der Waals surface area (Å²) in [5.74, 6) is 0.866. The molecule has 3 aromatic rings. The van der Waals surface area contributed by atoms with Gasteiger partial charge in [-0.15, -0.1) is 0 Å². The third kappa shape index (κ3) is 4.51. The van der Waals surface area contributed by atoms with Crippen molar-refractivity contribution in [1.82, 2.24) is 4.98 Å². The summed E-state index contributed by atoms with van der Waals surface area (Å²) in [4.78, 5) is 36.4. The molecule has 0 atom stereocenters. The van der Waals surface area contributed by atoms with Gasteiger partial charge in [-0.25, -0.2) is 9.98 Å². The van der Waals surface area contributed by atoms with E-state index in [0.29, 0.717) is 52.6 Å². The molecule has 8 nitrogen and oxygen atoms in total. The summed E-state index contributed by atoms with van der Waals surface area (Å²) in [5, 5.41) is 3.36. The molecule has 33 heavy (non-hydrogen) atoms. The van der Waals surface area contributed by atoms with Crippen molar-refractivity contribution in [2.24, 2.45) is 4.99 Å². The zero-order valence-electron chi connectivity index (χ0n) is 17.5. The number of fused-ring (bicyclic) bond motifs is 2. The van der Waals surface area contributed by atoms with Gasteiger partial charge in [0, 0.05) is 23.0 Å². The lowest BCUT2D eigenvalue weighted by Gasteiger charge is -2.21. The molecule has 2 aromatic carbocycles. The minimum Gasteiger partial charge on any atom is -0.486 e. The number of amides is 2. The van der Waals surface area contributed by atoms with Crippen molar-refractivity contribution in [1.29, 1.82) is 0 Å². The summed E-state index contributed by atoms with van der Waals surface area (Å²) in [6.07, 6.45) is 1.58. The van der Waals surface area contributed by atoms with Crippen molar-refractivity contribution >= 4 is 46.3 Å². The molecular weight excluding hydrogens is 444 g/mol. The number of halogens is 1. The first-order valence-corrected chi connectivity index (χ1v) is 10.7. The molecule has 5 rings (SSSR count). The lowest BCUT2D eigenvalue weighted by molar-refractivity contribution is -0.120. The number of ether oxygens (including phenoxy) is 2. The SMILES string of the molecule is O=C(CN1C(=O)CC(c2cccc(Cl)c2)=Nc2cccnc21)Nc1ccc2c(c1)OCCO2. The Bertz CT molecular complexity index is 1280. The third-order valence-corrected chi connectivity index (χ3v) is 5.42. The second-order valence-electron chi connectivity index (χ2n) is 7.48. The minimum absolute atomic E-state index is 0.00794. The molecule has 0 aliphatic carbocycles. The molecule has 0 spiro atoms. The largest absolute Gasteiger partial charge is 0.486 e. The maximum atomic E-state index is 13.2. The van der Waals surface area contributed by atoms with Crippen LogP contribution in [0.2, 0.25) is 5.02 Å². The van der Waals surface area contributed by atoms with Crippen LogP contribution >= 0.6 is 11.6 Å². The maximum Gasteiger partial charge on any atom is 0.244 e. The van der Waals surface area contributed by atoms with E-state index in [4.69, 9.17) is 21.1 Å². The van der Waals surface area contributed by atoms with Crippen molar-refractivity contribution in [3.63, 3.8) is 0 Å². The normalized spacial score (nSPS) is 14.8. The van der Waals surface area contributed by atoms with E-state index >= 15 is 0 Å². The molecule has 166 valence electrons. The molecule has 1 aromatic heterocycles. The monoisotopic (exact) mass is 462 g/mol. The number of nitrogens with zero attached hydrogens (tertiary/aromatic N) is 3. The first-order chi connectivity index (χ1) is 16.1. The highest BCUT2D eigenvalue weighted by Gasteiger charge is 2.28. The minimum atomic E-state index is -0.372. The molecule has 0 fully saturated rings. The zero-order chi connectivity index (χ0) is 22.8. The molecule has 9 heteroatoms. The van der Waals surface area contributed by atoms with Gasteiger partial charge < -0.3 is 14.8 Å². The predicted octanol–water partition coefficient (Wildman–Crippen LogP) is 4.00. The van der Waals surface area contributed by atoms with Gasteiger partial charge in [0.15, 0.2) is 17.3 Å². The van der Waals surface area contributed by atoms with Crippen LogP contribution in [0.3, 0.4) is 0 Å². The molecule has 2 amide bonds. The van der Waals surface area contributed by atoms with E-state index in [1.54, 1.807) is 54.7 Å². The Labute approximate surface area is 194 Å². The number of benzene rings is 2. The highest BCUT2D eigenvalue weighted by atomic mass is 35.5. The first kappa shape index (κ1) is 21.0. The van der Waals surface area contributed by atoms with E-state index in [1.165, 1.54) is 4.90 Å². The fraction of sp³-hybridized carbons (Fsp3) is 0.167. The van der Waals surface area contributed by atoms with Crippen LogP contribution < -0.4 is 19.7 Å². The van der Waals surface area contributed by atoms with E-state index in [-0.39, 0.29) is 24.8 Å². The number of hydrogen-bond acceptors (Lipinski definition) is 6. The van der Waals surface area contributed by atoms with Crippen LogP contribution in [0.15, 0.2) is 65.8 Å². The van der Waals surface area contributed by atoms with Crippen molar-refractivity contribution in [3.8, 4) is 11.5 Å². The van der Waals surface area contributed by atoms with Crippen LogP contribution in [-0.4, -0.2) is 42.3 Å². The van der Waals surface area contributed by atoms with Gasteiger partial charge in [0.05, 0.1) is 12.1 Å². The Balaban J connectivity index is 1.38. The van der Waals surface area contributed by atoms with Crippen LogP contribution in [0.4, 0.5) is 17.2 Å². The van der Waals surface area contributed by atoms with Crippen molar-refractivity contribution in [3.05, 3.63) is 71.4 Å². The summed E-state index contributed by atoms with van der Waals surface area (Å²) in [5.41, 5.74) is 2.36. The van der Waals surface area contributed by atoms with E-state index in [9.17, 15) is 9.59 Å². The van der Waals surface area contributed by atoms with Gasteiger partial charge in [0.2, 0.25) is 11.8 Å². The molecule has 0 unspecified atom stereocenters. The Hall–Kier alpha value is -3.91. The van der Waals surface area contributed by atoms with Gasteiger partial charge in [-0.2, -0.15) is 0 Å². The first-order valence-electron chi connectivity index (χ1n) is 10.4. The number of anilines is 2. The van der Waals surface area contributed by atoms with Crippen LogP contribution in [0.5, 0.6) is 11.5 Å². The van der Waals surface area contributed by atoms with Crippen LogP contribution in [-0.2, 0) is 9.59 Å². The average Bonchev–Trinajstić information content (AvgIpc) is 2.95. The van der Waals surface area contributed by atoms with E-state index in [1.807, 2.05) is 6.07 Å². The lowest BCUT2D eigenvalue weighted by Crippen LogP contribution is -2.39. The molecule has 0 saturated heterocycles. The maximum absolute atomic E-state index is 13.2. The second kappa shape index (κ2) is 8.91. The Morgan fingerprint density at radius 2 is 1.91 bits per heavy atom. The zero-order valence-corrected chi connectivity index (χ0v) is 18.2. The fourth-order valence-corrected chi connectivity index (χ4v) is 3.88. The van der Waals surface area contributed by atoms with Gasteiger partial charge in [0.25, 0.3) is 0 Å². The second-order valence-corrected chi connectivity index (χ2v) is 7.91. The highest BCUT2D eigenvalue weighted by molar-refractivity contribution is 6.31. The van der Waals surface area contributed by atoms with Crippen molar-refractivity contribution < 1.29 is 19.1 Å². The summed E-state index contributed by atoms with van der Waals surface area (Å²) < 4.78 is 11.1. The van der Waals surface area contributed by atoms with Crippen molar-refractivity contribution in [2.75, 3.05) is 30.0 Å². The number of rotatable bonds is 4. The summed E-state index contributed by atoms with van der Waals surface area (Å²) in [6, 6.07) is 15.8. The molecule has 3 heterocycles. The number of carbonyl (C=O) groups is 2. The van der Waals surface area contributed by atoms with Gasteiger partial charge >= 0.3 is 0 Å². The average molecular weight is 463 g/mol. The molecule has 0 bridgehead atoms. The molecule has 0 radical (unpaired) electrons. The van der Waals surface area contributed by atoms with Gasteiger partial charge in [-0.1, -0.05) is 23.7 Å². The van der Waals surface area contributed by atoms with Gasteiger partial charge in [-0.05, 0) is 42.0 Å². The lowest BCUT2D eigenvalue weighted by atomic mass is 10.1. The fourth-order valence-electron chi connectivity index (χ4n) is 3.69. The third-order valence-electron chi connectivity index (χ3n) is 5.18. The molecule has 0 saturated carbocycles. The quantitative estimate of drug-likeness (QED) is 0.632. The van der Waals surface area contributed by atoms with Gasteiger partial charge in [-0.3, -0.25) is 14.5 Å². The number of nitrogens with one attached hydrogen (secondary N) is 1. The van der Waals surface area contributed by atoms with Crippen LogP contribution in [0.1, 0.15) is 12.0 Å². The number of hydrogen-bond donors (Lipinski definition) is 1. The van der Waals surface area contributed by atoms with E-state index in [0.717, 1.165) is 5.56 Å². The Kier molecular flexibility index (Phi) is 5.66. The van der Waals surface area contributed by atoms with E-state index in [2.05, 4.69) is 15.3 Å². The summed E-state index contributed by atoms with van der Waals surface area (Å²) in [7, 11) is 0. The van der Waals surface area contributed by atoms with Gasteiger partial charge in [0.1, 0.15) is 25.4 Å². The van der Waals surface area contributed by atoms with Crippen LogP contribution in [0.25, 0.3) is 0 Å². The topological polar surface area (TPSA) is 93.1 Å². The number of aliphatic imine (C=N–C) groups is 1. The molecule has 2 aliphatic heterocycles. The molecule has 2 aliphatic rings. The molecular formula is C24H19ClN4O4. The number of aromatic nitrogens is 1. The standard InChI is InChI=1S/C24H19ClN4O4/c25-16-4-1-3-15(11-16)19-13-23(31)29(24-18(28-19)5-2-8-26-24)14-22(30)27-17-6-7-20-21(12-17)33-10-9-32-20/h1-8,11-12H,9-10,13-14H2,(H,27,30).